The third kappa shape index (κ3) is 5.13. The van der Waals surface area contributed by atoms with Crippen LogP contribution in [-0.4, -0.2) is 4.57 Å². The number of hydrogen-bond acceptors (Lipinski definition) is 1. The van der Waals surface area contributed by atoms with E-state index >= 15 is 0 Å². The van der Waals surface area contributed by atoms with Crippen LogP contribution in [0.3, 0.4) is 0 Å². The Labute approximate surface area is 197 Å². The van der Waals surface area contributed by atoms with Crippen molar-refractivity contribution < 1.29 is 0 Å². The number of aryl methyl sites for hydroxylation is 1. The summed E-state index contributed by atoms with van der Waals surface area (Å²) in [7, 11) is 0. The van der Waals surface area contributed by atoms with Crippen LogP contribution in [0.5, 0.6) is 0 Å². The van der Waals surface area contributed by atoms with Gasteiger partial charge in [0.1, 0.15) is 0 Å². The second-order valence-corrected chi connectivity index (χ2v) is 9.41. The van der Waals surface area contributed by atoms with Gasteiger partial charge in [-0.15, -0.1) is 0 Å². The largest absolute Gasteiger partial charge is 0.399 e. The first kappa shape index (κ1) is 22.7. The molecule has 2 nitrogen and oxygen atoms in total. The van der Waals surface area contributed by atoms with E-state index in [4.69, 9.17) is 17.3 Å². The lowest BCUT2D eigenvalue weighted by atomic mass is 9.99. The van der Waals surface area contributed by atoms with Crippen molar-refractivity contribution in [3.05, 3.63) is 65.7 Å². The molecular formula is C29H35ClN2. The Balaban J connectivity index is 1.59. The molecular weight excluding hydrogens is 412 g/mol. The smallest absolute Gasteiger partial charge is 0.0512 e. The Bertz CT molecular complexity index is 1160. The van der Waals surface area contributed by atoms with E-state index in [2.05, 4.69) is 66.1 Å². The van der Waals surface area contributed by atoms with Gasteiger partial charge in [-0.3, -0.25) is 0 Å². The minimum Gasteiger partial charge on any atom is -0.399 e. The maximum absolute atomic E-state index is 6.62. The number of unbranched alkanes of at least 4 members (excludes halogenated alkanes) is 8. The minimum absolute atomic E-state index is 0.778. The zero-order chi connectivity index (χ0) is 22.3. The summed E-state index contributed by atoms with van der Waals surface area (Å²) < 4.78 is 2.43. The molecule has 4 rings (SSSR count). The summed E-state index contributed by atoms with van der Waals surface area (Å²) in [5.41, 5.74) is 11.8. The highest BCUT2D eigenvalue weighted by molar-refractivity contribution is 6.32. The van der Waals surface area contributed by atoms with Crippen LogP contribution in [0.4, 0.5) is 5.69 Å². The van der Waals surface area contributed by atoms with Gasteiger partial charge in [0.25, 0.3) is 0 Å². The molecule has 1 heterocycles. The van der Waals surface area contributed by atoms with Crippen LogP contribution in [0.25, 0.3) is 32.9 Å². The van der Waals surface area contributed by atoms with E-state index in [0.29, 0.717) is 0 Å². The first-order chi connectivity index (χ1) is 15.7. The van der Waals surface area contributed by atoms with Crippen molar-refractivity contribution in [2.24, 2.45) is 0 Å². The second kappa shape index (κ2) is 10.9. The van der Waals surface area contributed by atoms with Crippen LogP contribution in [-0.2, 0) is 6.54 Å². The van der Waals surface area contributed by atoms with E-state index in [0.717, 1.165) is 17.3 Å². The molecule has 32 heavy (non-hydrogen) atoms. The molecule has 0 radical (unpaired) electrons. The number of benzene rings is 3. The number of hydrogen-bond donors (Lipinski definition) is 1. The quantitative estimate of drug-likeness (QED) is 0.180. The molecule has 2 N–H and O–H groups in total. The summed E-state index contributed by atoms with van der Waals surface area (Å²) in [5.74, 6) is 0. The second-order valence-electron chi connectivity index (χ2n) is 8.97. The van der Waals surface area contributed by atoms with Crippen molar-refractivity contribution in [3.8, 4) is 11.1 Å². The Kier molecular flexibility index (Phi) is 7.76. The topological polar surface area (TPSA) is 30.9 Å². The van der Waals surface area contributed by atoms with Gasteiger partial charge >= 0.3 is 0 Å². The molecule has 0 unspecified atom stereocenters. The number of aromatic nitrogens is 1. The molecule has 0 aliphatic heterocycles. The number of rotatable bonds is 11. The number of nitrogens with two attached hydrogens (primary N) is 1. The minimum atomic E-state index is 0.778. The lowest BCUT2D eigenvalue weighted by Crippen LogP contribution is -1.98. The fraction of sp³-hybridized carbons (Fsp3) is 0.379. The fourth-order valence-electron chi connectivity index (χ4n) is 4.87. The predicted molar refractivity (Wildman–Crippen MR) is 142 cm³/mol. The van der Waals surface area contributed by atoms with Crippen molar-refractivity contribution in [1.82, 2.24) is 4.57 Å². The highest BCUT2D eigenvalue weighted by Gasteiger charge is 2.16. The summed E-state index contributed by atoms with van der Waals surface area (Å²) in [4.78, 5) is 0. The van der Waals surface area contributed by atoms with Gasteiger partial charge in [0.15, 0.2) is 0 Å². The van der Waals surface area contributed by atoms with E-state index in [1.165, 1.54) is 90.7 Å². The highest BCUT2D eigenvalue weighted by Crippen LogP contribution is 2.39. The van der Waals surface area contributed by atoms with E-state index < -0.39 is 0 Å². The van der Waals surface area contributed by atoms with Crippen molar-refractivity contribution in [2.75, 3.05) is 5.73 Å². The molecule has 0 saturated heterocycles. The fourth-order valence-corrected chi connectivity index (χ4v) is 5.08. The molecule has 0 bridgehead atoms. The van der Waals surface area contributed by atoms with E-state index in [9.17, 15) is 0 Å². The van der Waals surface area contributed by atoms with Gasteiger partial charge in [0.05, 0.1) is 11.0 Å². The van der Waals surface area contributed by atoms with Crippen molar-refractivity contribution in [3.63, 3.8) is 0 Å². The summed E-state index contributed by atoms with van der Waals surface area (Å²) in [6.45, 7) is 3.27. The van der Waals surface area contributed by atoms with Crippen molar-refractivity contribution in [2.45, 2.75) is 71.3 Å². The maximum Gasteiger partial charge on any atom is 0.0512 e. The van der Waals surface area contributed by atoms with Crippen LogP contribution < -0.4 is 5.73 Å². The lowest BCUT2D eigenvalue weighted by Gasteiger charge is -2.10. The molecule has 4 aromatic rings. The molecule has 0 aliphatic rings. The monoisotopic (exact) mass is 446 g/mol. The summed E-state index contributed by atoms with van der Waals surface area (Å²) in [6.07, 6.45) is 12.0. The molecule has 3 aromatic carbocycles. The van der Waals surface area contributed by atoms with E-state index in [-0.39, 0.29) is 0 Å². The number of halogens is 1. The number of anilines is 1. The third-order valence-corrected chi connectivity index (χ3v) is 6.74. The van der Waals surface area contributed by atoms with Gasteiger partial charge < -0.3 is 10.3 Å². The standard InChI is InChI=1S/C29H35ClN2/c1-2-3-4-5-6-7-8-9-13-18-32-27-21-24(31)16-17-25(27)29-26(19-23(30)20-28(29)32)22-14-11-10-12-15-22/h10-12,14-17,19-21H,2-9,13,18,31H2,1H3. The molecule has 0 spiro atoms. The number of nitrogen functional groups attached to an aromatic ring is 1. The third-order valence-electron chi connectivity index (χ3n) is 6.53. The molecule has 168 valence electrons. The van der Waals surface area contributed by atoms with Crippen LogP contribution in [0.1, 0.15) is 64.7 Å². The summed E-state index contributed by atoms with van der Waals surface area (Å²) >= 11 is 6.62. The van der Waals surface area contributed by atoms with Gasteiger partial charge in [-0.05, 0) is 41.8 Å². The first-order valence-electron chi connectivity index (χ1n) is 12.3. The Hall–Kier alpha value is -2.45. The lowest BCUT2D eigenvalue weighted by molar-refractivity contribution is 0.546. The van der Waals surface area contributed by atoms with Gasteiger partial charge in [0.2, 0.25) is 0 Å². The molecule has 0 aliphatic carbocycles. The predicted octanol–water partition coefficient (Wildman–Crippen LogP) is 9.23. The molecule has 1 aromatic heterocycles. The maximum atomic E-state index is 6.62. The zero-order valence-corrected chi connectivity index (χ0v) is 20.0. The average Bonchev–Trinajstić information content (AvgIpc) is 3.10. The van der Waals surface area contributed by atoms with Gasteiger partial charge in [0, 0.05) is 28.0 Å². The molecule has 0 atom stereocenters. The molecule has 3 heteroatoms. The molecule has 0 saturated carbocycles. The van der Waals surface area contributed by atoms with Gasteiger partial charge in [-0.25, -0.2) is 0 Å². The van der Waals surface area contributed by atoms with E-state index in [1.54, 1.807) is 0 Å². The van der Waals surface area contributed by atoms with Crippen molar-refractivity contribution >= 4 is 39.1 Å². The van der Waals surface area contributed by atoms with Gasteiger partial charge in [-0.2, -0.15) is 0 Å². The van der Waals surface area contributed by atoms with Crippen LogP contribution in [0.2, 0.25) is 5.02 Å². The first-order valence-corrected chi connectivity index (χ1v) is 12.6. The zero-order valence-electron chi connectivity index (χ0n) is 19.2. The summed E-state index contributed by atoms with van der Waals surface area (Å²) in [6, 6.07) is 21.0. The normalized spacial score (nSPS) is 11.6. The van der Waals surface area contributed by atoms with E-state index in [1.807, 2.05) is 6.07 Å². The van der Waals surface area contributed by atoms with Crippen LogP contribution >= 0.6 is 11.6 Å². The average molecular weight is 447 g/mol. The molecule has 0 amide bonds. The van der Waals surface area contributed by atoms with Crippen LogP contribution in [0, 0.1) is 0 Å². The SMILES string of the molecule is CCCCCCCCCCCn1c2cc(N)ccc2c2c(-c3ccccc3)cc(Cl)cc21. The Morgan fingerprint density at radius 1 is 0.750 bits per heavy atom. The molecule has 0 fully saturated rings. The number of nitrogens with zero attached hydrogens (tertiary/aromatic N) is 1. The van der Waals surface area contributed by atoms with Crippen LogP contribution in [0.15, 0.2) is 60.7 Å². The summed E-state index contributed by atoms with van der Waals surface area (Å²) in [5, 5.41) is 3.30. The number of fused-ring (bicyclic) bond motifs is 3. The van der Waals surface area contributed by atoms with Gasteiger partial charge in [-0.1, -0.05) is 106 Å². The van der Waals surface area contributed by atoms with Crippen molar-refractivity contribution in [1.29, 1.82) is 0 Å². The Morgan fingerprint density at radius 3 is 2.16 bits per heavy atom. The highest BCUT2D eigenvalue weighted by atomic mass is 35.5. The Morgan fingerprint density at radius 2 is 1.44 bits per heavy atom.